The third kappa shape index (κ3) is 3.84. The molecule has 3 nitrogen and oxygen atoms in total. The Morgan fingerprint density at radius 3 is 2.38 bits per heavy atom. The number of hydrogen-bond donors (Lipinski definition) is 0. The van der Waals surface area contributed by atoms with Crippen molar-refractivity contribution >= 4 is 27.8 Å². The number of benzene rings is 2. The number of methoxy groups -OCH3 is 1. The van der Waals surface area contributed by atoms with Gasteiger partial charge in [0, 0.05) is 15.6 Å². The number of carbonyl (C=O) groups excluding carboxylic acids is 1. The van der Waals surface area contributed by atoms with Crippen LogP contribution in [-0.2, 0) is 0 Å². The van der Waals surface area contributed by atoms with E-state index in [-0.39, 0.29) is 5.78 Å². The molecule has 4 heteroatoms. The van der Waals surface area contributed by atoms with Crippen LogP contribution in [0, 0.1) is 0 Å². The number of allylic oxidation sites excluding steroid dienone is 1. The van der Waals surface area contributed by atoms with E-state index in [2.05, 4.69) is 15.9 Å². The second kappa shape index (κ2) is 7.32. The summed E-state index contributed by atoms with van der Waals surface area (Å²) in [6, 6.07) is 18.6. The highest BCUT2D eigenvalue weighted by atomic mass is 79.9. The lowest BCUT2D eigenvalue weighted by Gasteiger charge is -1.99. The van der Waals surface area contributed by atoms with Gasteiger partial charge in [-0.2, -0.15) is 0 Å². The van der Waals surface area contributed by atoms with Crippen molar-refractivity contribution in [3.8, 4) is 17.1 Å². The fourth-order valence-corrected chi connectivity index (χ4v) is 2.49. The molecule has 120 valence electrons. The van der Waals surface area contributed by atoms with Crippen LogP contribution in [0.1, 0.15) is 16.1 Å². The molecule has 24 heavy (non-hydrogen) atoms. The molecule has 0 aliphatic heterocycles. The molecule has 3 rings (SSSR count). The van der Waals surface area contributed by atoms with E-state index in [0.717, 1.165) is 21.5 Å². The van der Waals surface area contributed by atoms with Crippen LogP contribution in [0.4, 0.5) is 0 Å². The SMILES string of the molecule is COc1ccc(C(=O)/C=C/c2ccc(-c3ccc(Br)cc3)o2)cc1. The third-order valence-corrected chi connectivity index (χ3v) is 4.06. The summed E-state index contributed by atoms with van der Waals surface area (Å²) < 4.78 is 11.9. The summed E-state index contributed by atoms with van der Waals surface area (Å²) in [5.74, 6) is 2.04. The Morgan fingerprint density at radius 2 is 1.71 bits per heavy atom. The normalized spacial score (nSPS) is 10.9. The molecule has 0 fully saturated rings. The standard InChI is InChI=1S/C20H15BrO3/c1-23-17-8-4-14(5-9-17)19(22)12-10-18-11-13-20(24-18)15-2-6-16(21)7-3-15/h2-13H,1H3/b12-10+. The van der Waals surface area contributed by atoms with Crippen LogP contribution < -0.4 is 4.74 Å². The van der Waals surface area contributed by atoms with Crippen LogP contribution in [0.25, 0.3) is 17.4 Å². The first-order valence-corrected chi connectivity index (χ1v) is 8.17. The molecule has 0 N–H and O–H groups in total. The van der Waals surface area contributed by atoms with Gasteiger partial charge in [0.2, 0.25) is 0 Å². The lowest BCUT2D eigenvalue weighted by atomic mass is 10.1. The highest BCUT2D eigenvalue weighted by Gasteiger charge is 2.05. The van der Waals surface area contributed by atoms with Crippen molar-refractivity contribution in [3.05, 3.63) is 82.5 Å². The largest absolute Gasteiger partial charge is 0.497 e. The molecule has 0 atom stereocenters. The molecule has 1 aromatic heterocycles. The van der Waals surface area contributed by atoms with Gasteiger partial charge in [-0.3, -0.25) is 4.79 Å². The van der Waals surface area contributed by atoms with Crippen LogP contribution in [0.2, 0.25) is 0 Å². The van der Waals surface area contributed by atoms with E-state index in [4.69, 9.17) is 9.15 Å². The Balaban J connectivity index is 1.72. The number of ether oxygens (including phenoxy) is 1. The quantitative estimate of drug-likeness (QED) is 0.424. The monoisotopic (exact) mass is 382 g/mol. The van der Waals surface area contributed by atoms with Crippen LogP contribution >= 0.6 is 15.9 Å². The van der Waals surface area contributed by atoms with Gasteiger partial charge in [0.25, 0.3) is 0 Å². The van der Waals surface area contributed by atoms with E-state index in [1.165, 1.54) is 6.08 Å². The van der Waals surface area contributed by atoms with Crippen molar-refractivity contribution in [1.82, 2.24) is 0 Å². The molecule has 0 unspecified atom stereocenters. The third-order valence-electron chi connectivity index (χ3n) is 3.53. The molecule has 0 bridgehead atoms. The van der Waals surface area contributed by atoms with E-state index in [9.17, 15) is 4.79 Å². The average Bonchev–Trinajstić information content (AvgIpc) is 3.09. The van der Waals surface area contributed by atoms with Gasteiger partial charge in [-0.15, -0.1) is 0 Å². The summed E-state index contributed by atoms with van der Waals surface area (Å²) in [5, 5.41) is 0. The number of carbonyl (C=O) groups is 1. The lowest BCUT2D eigenvalue weighted by molar-refractivity contribution is 0.104. The minimum atomic E-state index is -0.0840. The first-order valence-electron chi connectivity index (χ1n) is 7.38. The fourth-order valence-electron chi connectivity index (χ4n) is 2.22. The van der Waals surface area contributed by atoms with E-state index >= 15 is 0 Å². The molecular weight excluding hydrogens is 368 g/mol. The molecule has 0 aliphatic rings. The van der Waals surface area contributed by atoms with Crippen LogP contribution in [0.3, 0.4) is 0 Å². The number of hydrogen-bond acceptors (Lipinski definition) is 3. The minimum Gasteiger partial charge on any atom is -0.497 e. The van der Waals surface area contributed by atoms with Crippen molar-refractivity contribution in [2.75, 3.05) is 7.11 Å². The average molecular weight is 383 g/mol. The van der Waals surface area contributed by atoms with Crippen molar-refractivity contribution in [1.29, 1.82) is 0 Å². The predicted octanol–water partition coefficient (Wildman–Crippen LogP) is 5.61. The molecule has 2 aromatic carbocycles. The van der Waals surface area contributed by atoms with Gasteiger partial charge in [0.05, 0.1) is 7.11 Å². The van der Waals surface area contributed by atoms with Gasteiger partial charge in [-0.25, -0.2) is 0 Å². The van der Waals surface area contributed by atoms with Gasteiger partial charge in [0.1, 0.15) is 17.3 Å². The lowest BCUT2D eigenvalue weighted by Crippen LogP contribution is -1.93. The smallest absolute Gasteiger partial charge is 0.185 e. The molecule has 0 aliphatic carbocycles. The fraction of sp³-hybridized carbons (Fsp3) is 0.0500. The first-order chi connectivity index (χ1) is 11.7. The predicted molar refractivity (Wildman–Crippen MR) is 98.2 cm³/mol. The van der Waals surface area contributed by atoms with E-state index < -0.39 is 0 Å². The Kier molecular flexibility index (Phi) is 4.96. The van der Waals surface area contributed by atoms with Gasteiger partial charge in [0.15, 0.2) is 5.78 Å². The second-order valence-electron chi connectivity index (χ2n) is 5.13. The summed E-state index contributed by atoms with van der Waals surface area (Å²) in [4.78, 5) is 12.2. The van der Waals surface area contributed by atoms with Gasteiger partial charge >= 0.3 is 0 Å². The van der Waals surface area contributed by atoms with Crippen molar-refractivity contribution in [3.63, 3.8) is 0 Å². The summed E-state index contributed by atoms with van der Waals surface area (Å²) >= 11 is 3.41. The summed E-state index contributed by atoms with van der Waals surface area (Å²) in [6.45, 7) is 0. The van der Waals surface area contributed by atoms with E-state index in [1.54, 1.807) is 37.5 Å². The maximum atomic E-state index is 12.2. The summed E-state index contributed by atoms with van der Waals surface area (Å²) in [6.07, 6.45) is 3.18. The van der Waals surface area contributed by atoms with E-state index in [0.29, 0.717) is 11.3 Å². The molecule has 0 saturated carbocycles. The Morgan fingerprint density at radius 1 is 1.00 bits per heavy atom. The van der Waals surface area contributed by atoms with Gasteiger partial charge in [-0.05, 0) is 60.7 Å². The molecule has 1 heterocycles. The minimum absolute atomic E-state index is 0.0840. The highest BCUT2D eigenvalue weighted by molar-refractivity contribution is 9.10. The van der Waals surface area contributed by atoms with E-state index in [1.807, 2.05) is 36.4 Å². The van der Waals surface area contributed by atoms with Crippen molar-refractivity contribution in [2.45, 2.75) is 0 Å². The topological polar surface area (TPSA) is 39.4 Å². The van der Waals surface area contributed by atoms with Crippen LogP contribution in [0.15, 0.2) is 75.6 Å². The molecule has 0 saturated heterocycles. The molecular formula is C20H15BrO3. The van der Waals surface area contributed by atoms with Gasteiger partial charge < -0.3 is 9.15 Å². The maximum absolute atomic E-state index is 12.2. The molecule has 0 spiro atoms. The molecule has 0 amide bonds. The number of furan rings is 1. The summed E-state index contributed by atoms with van der Waals surface area (Å²) in [5.41, 5.74) is 1.59. The zero-order valence-electron chi connectivity index (χ0n) is 13.0. The first kappa shape index (κ1) is 16.3. The Labute approximate surface area is 148 Å². The van der Waals surface area contributed by atoms with Crippen LogP contribution in [0.5, 0.6) is 5.75 Å². The zero-order chi connectivity index (χ0) is 16.9. The molecule has 3 aromatic rings. The Hall–Kier alpha value is -2.59. The Bertz CT molecular complexity index is 859. The van der Waals surface area contributed by atoms with Crippen molar-refractivity contribution in [2.24, 2.45) is 0 Å². The van der Waals surface area contributed by atoms with Crippen LogP contribution in [-0.4, -0.2) is 12.9 Å². The molecule has 0 radical (unpaired) electrons. The highest BCUT2D eigenvalue weighted by Crippen LogP contribution is 2.24. The summed E-state index contributed by atoms with van der Waals surface area (Å²) in [7, 11) is 1.59. The number of rotatable bonds is 5. The zero-order valence-corrected chi connectivity index (χ0v) is 14.6. The number of ketones is 1. The number of halogens is 1. The maximum Gasteiger partial charge on any atom is 0.185 e. The van der Waals surface area contributed by atoms with Gasteiger partial charge in [-0.1, -0.05) is 28.1 Å². The second-order valence-corrected chi connectivity index (χ2v) is 6.05. The van der Waals surface area contributed by atoms with Crippen molar-refractivity contribution < 1.29 is 13.9 Å².